The van der Waals surface area contributed by atoms with Gasteiger partial charge >= 0.3 is 0 Å². The van der Waals surface area contributed by atoms with E-state index in [0.29, 0.717) is 43.2 Å². The predicted octanol–water partition coefficient (Wildman–Crippen LogP) is 2.43. The zero-order valence-electron chi connectivity index (χ0n) is 14.9. The van der Waals surface area contributed by atoms with Crippen LogP contribution in [0.3, 0.4) is 0 Å². The molecule has 0 spiro atoms. The molecule has 0 unspecified atom stereocenters. The highest BCUT2D eigenvalue weighted by atomic mass is 19.1. The van der Waals surface area contributed by atoms with Gasteiger partial charge in [-0.3, -0.25) is 14.5 Å². The summed E-state index contributed by atoms with van der Waals surface area (Å²) in [5, 5.41) is 2.75. The minimum Gasteiger partial charge on any atom is -0.466 e. The van der Waals surface area contributed by atoms with Gasteiger partial charge in [0.2, 0.25) is 5.91 Å². The van der Waals surface area contributed by atoms with Crippen molar-refractivity contribution in [2.24, 2.45) is 0 Å². The second kappa shape index (κ2) is 7.70. The number of amides is 2. The van der Waals surface area contributed by atoms with Gasteiger partial charge in [-0.1, -0.05) is 0 Å². The number of halogens is 1. The van der Waals surface area contributed by atoms with Gasteiger partial charge in [-0.05, 0) is 44.2 Å². The van der Waals surface area contributed by atoms with Crippen LogP contribution in [0.25, 0.3) is 0 Å². The Morgan fingerprint density at radius 1 is 1.12 bits per heavy atom. The highest BCUT2D eigenvalue weighted by molar-refractivity contribution is 5.95. The van der Waals surface area contributed by atoms with Gasteiger partial charge in [0, 0.05) is 31.9 Å². The van der Waals surface area contributed by atoms with Gasteiger partial charge in [-0.2, -0.15) is 0 Å². The third-order valence-corrected chi connectivity index (χ3v) is 4.43. The number of carbonyl (C=O) groups is 2. The molecule has 1 N–H and O–H groups in total. The van der Waals surface area contributed by atoms with E-state index in [-0.39, 0.29) is 24.2 Å². The Labute approximate surface area is 151 Å². The maximum absolute atomic E-state index is 12.9. The SMILES string of the molecule is Cc1cc(C(=O)N2CCN(CC(=O)Nc3ccc(F)cc3)CC2)c(C)o1. The first-order valence-electron chi connectivity index (χ1n) is 8.56. The highest BCUT2D eigenvalue weighted by Gasteiger charge is 2.25. The van der Waals surface area contributed by atoms with Crippen molar-refractivity contribution < 1.29 is 18.4 Å². The number of carbonyl (C=O) groups excluding carboxylic acids is 2. The minimum absolute atomic E-state index is 0.0326. The van der Waals surface area contributed by atoms with Crippen LogP contribution in [0.2, 0.25) is 0 Å². The van der Waals surface area contributed by atoms with Crippen LogP contribution in [-0.2, 0) is 4.79 Å². The van der Waals surface area contributed by atoms with E-state index in [2.05, 4.69) is 5.32 Å². The maximum atomic E-state index is 12.9. The van der Waals surface area contributed by atoms with Gasteiger partial charge in [-0.15, -0.1) is 0 Å². The highest BCUT2D eigenvalue weighted by Crippen LogP contribution is 2.17. The standard InChI is InChI=1S/C19H22FN3O3/c1-13-11-17(14(2)26-13)19(25)23-9-7-22(8-10-23)12-18(24)21-16-5-3-15(20)4-6-16/h3-6,11H,7-10,12H2,1-2H3,(H,21,24). The average molecular weight is 359 g/mol. The molecule has 138 valence electrons. The Balaban J connectivity index is 1.49. The van der Waals surface area contributed by atoms with Crippen LogP contribution >= 0.6 is 0 Å². The smallest absolute Gasteiger partial charge is 0.257 e. The van der Waals surface area contributed by atoms with E-state index < -0.39 is 0 Å². The van der Waals surface area contributed by atoms with E-state index in [9.17, 15) is 14.0 Å². The molecule has 2 amide bonds. The van der Waals surface area contributed by atoms with Crippen LogP contribution in [0, 0.1) is 19.7 Å². The monoisotopic (exact) mass is 359 g/mol. The quantitative estimate of drug-likeness (QED) is 0.911. The van der Waals surface area contributed by atoms with E-state index in [1.807, 2.05) is 11.8 Å². The summed E-state index contributed by atoms with van der Waals surface area (Å²) in [7, 11) is 0. The van der Waals surface area contributed by atoms with E-state index in [0.717, 1.165) is 5.76 Å². The van der Waals surface area contributed by atoms with Gasteiger partial charge in [0.25, 0.3) is 5.91 Å². The molecule has 1 fully saturated rings. The first kappa shape index (κ1) is 18.1. The Hall–Kier alpha value is -2.67. The van der Waals surface area contributed by atoms with Gasteiger partial charge in [-0.25, -0.2) is 4.39 Å². The van der Waals surface area contributed by atoms with Crippen LogP contribution in [0.15, 0.2) is 34.7 Å². The molecule has 6 nitrogen and oxygen atoms in total. The lowest BCUT2D eigenvalue weighted by molar-refractivity contribution is -0.117. The molecule has 1 aromatic heterocycles. The molecule has 0 atom stereocenters. The average Bonchev–Trinajstić information content (AvgIpc) is 2.95. The number of rotatable bonds is 4. The van der Waals surface area contributed by atoms with E-state index in [1.54, 1.807) is 17.9 Å². The van der Waals surface area contributed by atoms with Crippen molar-refractivity contribution in [2.75, 3.05) is 38.0 Å². The summed E-state index contributed by atoms with van der Waals surface area (Å²) in [6.07, 6.45) is 0. The Kier molecular flexibility index (Phi) is 5.37. The zero-order valence-corrected chi connectivity index (χ0v) is 14.9. The first-order chi connectivity index (χ1) is 12.4. The largest absolute Gasteiger partial charge is 0.466 e. The summed E-state index contributed by atoms with van der Waals surface area (Å²) < 4.78 is 18.3. The number of benzene rings is 1. The molecule has 2 heterocycles. The van der Waals surface area contributed by atoms with Crippen LogP contribution in [0.1, 0.15) is 21.9 Å². The number of nitrogens with one attached hydrogen (secondary N) is 1. The molecule has 0 aliphatic carbocycles. The van der Waals surface area contributed by atoms with Crippen molar-refractivity contribution in [1.82, 2.24) is 9.80 Å². The third-order valence-electron chi connectivity index (χ3n) is 4.43. The lowest BCUT2D eigenvalue weighted by Crippen LogP contribution is -2.50. The van der Waals surface area contributed by atoms with E-state index in [4.69, 9.17) is 4.42 Å². The molecule has 7 heteroatoms. The first-order valence-corrected chi connectivity index (χ1v) is 8.56. The fourth-order valence-corrected chi connectivity index (χ4v) is 3.06. The molecule has 1 aromatic carbocycles. The molecule has 1 aliphatic heterocycles. The molecular weight excluding hydrogens is 337 g/mol. The summed E-state index contributed by atoms with van der Waals surface area (Å²) >= 11 is 0. The zero-order chi connectivity index (χ0) is 18.7. The van der Waals surface area contributed by atoms with Crippen LogP contribution < -0.4 is 5.32 Å². The number of furan rings is 1. The number of nitrogens with zero attached hydrogens (tertiary/aromatic N) is 2. The molecule has 26 heavy (non-hydrogen) atoms. The van der Waals surface area contributed by atoms with Crippen LogP contribution in [0.4, 0.5) is 10.1 Å². The minimum atomic E-state index is -0.341. The van der Waals surface area contributed by atoms with Crippen LogP contribution in [-0.4, -0.2) is 54.3 Å². The second-order valence-corrected chi connectivity index (χ2v) is 6.45. The Morgan fingerprint density at radius 2 is 1.77 bits per heavy atom. The Bertz CT molecular complexity index is 793. The number of aryl methyl sites for hydroxylation is 2. The van der Waals surface area contributed by atoms with E-state index in [1.165, 1.54) is 24.3 Å². The van der Waals surface area contributed by atoms with Gasteiger partial charge < -0.3 is 14.6 Å². The molecule has 0 saturated carbocycles. The summed E-state index contributed by atoms with van der Waals surface area (Å²) in [4.78, 5) is 28.5. The second-order valence-electron chi connectivity index (χ2n) is 6.45. The summed E-state index contributed by atoms with van der Waals surface area (Å²) in [6, 6.07) is 7.43. The topological polar surface area (TPSA) is 65.8 Å². The van der Waals surface area contributed by atoms with Crippen molar-refractivity contribution in [3.63, 3.8) is 0 Å². The number of hydrogen-bond acceptors (Lipinski definition) is 4. The van der Waals surface area contributed by atoms with Crippen molar-refractivity contribution in [1.29, 1.82) is 0 Å². The molecule has 1 aliphatic rings. The number of anilines is 1. The lowest BCUT2D eigenvalue weighted by atomic mass is 10.2. The summed E-state index contributed by atoms with van der Waals surface area (Å²) in [5.74, 6) is 0.829. The molecule has 0 radical (unpaired) electrons. The van der Waals surface area contributed by atoms with E-state index >= 15 is 0 Å². The molecule has 0 bridgehead atoms. The third kappa shape index (κ3) is 4.29. The molecule has 1 saturated heterocycles. The fourth-order valence-electron chi connectivity index (χ4n) is 3.06. The number of hydrogen-bond donors (Lipinski definition) is 1. The summed E-state index contributed by atoms with van der Waals surface area (Å²) in [6.45, 7) is 6.22. The summed E-state index contributed by atoms with van der Waals surface area (Å²) in [5.41, 5.74) is 1.17. The predicted molar refractivity (Wildman–Crippen MR) is 95.6 cm³/mol. The van der Waals surface area contributed by atoms with Crippen molar-refractivity contribution in [3.05, 3.63) is 53.2 Å². The lowest BCUT2D eigenvalue weighted by Gasteiger charge is -2.34. The molecule has 3 rings (SSSR count). The van der Waals surface area contributed by atoms with Crippen LogP contribution in [0.5, 0.6) is 0 Å². The van der Waals surface area contributed by atoms with Crippen molar-refractivity contribution >= 4 is 17.5 Å². The Morgan fingerprint density at radius 3 is 2.35 bits per heavy atom. The van der Waals surface area contributed by atoms with Crippen molar-refractivity contribution in [3.8, 4) is 0 Å². The fraction of sp³-hybridized carbons (Fsp3) is 0.368. The maximum Gasteiger partial charge on any atom is 0.257 e. The molecule has 2 aromatic rings. The number of piperazine rings is 1. The van der Waals surface area contributed by atoms with Crippen molar-refractivity contribution in [2.45, 2.75) is 13.8 Å². The van der Waals surface area contributed by atoms with Gasteiger partial charge in [0.15, 0.2) is 0 Å². The van der Waals surface area contributed by atoms with Gasteiger partial charge in [0.1, 0.15) is 17.3 Å². The normalized spacial score (nSPS) is 15.1. The van der Waals surface area contributed by atoms with Gasteiger partial charge in [0.05, 0.1) is 12.1 Å². The molecular formula is C19H22FN3O3.